The van der Waals surface area contributed by atoms with Gasteiger partial charge in [-0.3, -0.25) is 0 Å². The van der Waals surface area contributed by atoms with Crippen LogP contribution in [-0.2, 0) is 11.2 Å². The number of carbonyl (C=O) groups is 1. The van der Waals surface area contributed by atoms with Gasteiger partial charge in [0.2, 0.25) is 0 Å². The van der Waals surface area contributed by atoms with Crippen molar-refractivity contribution in [3.05, 3.63) is 35.4 Å². The Balaban J connectivity index is 2.78. The first-order valence-electron chi connectivity index (χ1n) is 4.63. The molecule has 0 aliphatic carbocycles. The van der Waals surface area contributed by atoms with Crippen LogP contribution in [0.15, 0.2) is 24.3 Å². The first kappa shape index (κ1) is 11.7. The minimum atomic E-state index is -0.794. The molecule has 1 unspecified atom stereocenters. The molecule has 2 N–H and O–H groups in total. The number of carbonyl (C=O) groups excluding carboxylic acids is 1. The molecule has 0 aliphatic rings. The molecular formula is C11H14O4. The number of hydrogen-bond acceptors (Lipinski definition) is 4. The van der Waals surface area contributed by atoms with Gasteiger partial charge in [0.25, 0.3) is 0 Å². The minimum Gasteiger partial charge on any atom is -0.465 e. The molecule has 0 heterocycles. The normalized spacial score (nSPS) is 12.2. The van der Waals surface area contributed by atoms with E-state index in [1.807, 2.05) is 0 Å². The van der Waals surface area contributed by atoms with Gasteiger partial charge >= 0.3 is 5.97 Å². The Morgan fingerprint density at radius 3 is 2.87 bits per heavy atom. The summed E-state index contributed by atoms with van der Waals surface area (Å²) < 4.78 is 4.57. The van der Waals surface area contributed by atoms with E-state index in [1.54, 1.807) is 24.3 Å². The third kappa shape index (κ3) is 3.34. The van der Waals surface area contributed by atoms with Crippen LogP contribution in [0.25, 0.3) is 0 Å². The quantitative estimate of drug-likeness (QED) is 0.704. The van der Waals surface area contributed by atoms with Gasteiger partial charge in [-0.05, 0) is 17.7 Å². The number of esters is 1. The lowest BCUT2D eigenvalue weighted by Crippen LogP contribution is -2.15. The predicted octanol–water partition coefficient (Wildman–Crippen LogP) is 0.369. The van der Waals surface area contributed by atoms with E-state index >= 15 is 0 Å². The fourth-order valence-corrected chi connectivity index (χ4v) is 1.28. The molecule has 0 radical (unpaired) electrons. The van der Waals surface area contributed by atoms with Crippen molar-refractivity contribution in [2.24, 2.45) is 0 Å². The zero-order chi connectivity index (χ0) is 11.3. The molecule has 0 bridgehead atoms. The van der Waals surface area contributed by atoms with Gasteiger partial charge in [-0.15, -0.1) is 0 Å². The van der Waals surface area contributed by atoms with Crippen LogP contribution in [-0.4, -0.2) is 36.0 Å². The SMILES string of the molecule is COC(=O)c1cccc(CC(O)CO)c1. The van der Waals surface area contributed by atoms with E-state index in [2.05, 4.69) is 4.74 Å². The Morgan fingerprint density at radius 1 is 1.53 bits per heavy atom. The largest absolute Gasteiger partial charge is 0.465 e. The van der Waals surface area contributed by atoms with Crippen LogP contribution in [0.5, 0.6) is 0 Å². The zero-order valence-electron chi connectivity index (χ0n) is 8.51. The molecule has 1 atom stereocenters. The van der Waals surface area contributed by atoms with Crippen LogP contribution < -0.4 is 0 Å². The van der Waals surface area contributed by atoms with Crippen molar-refractivity contribution in [1.29, 1.82) is 0 Å². The zero-order valence-corrected chi connectivity index (χ0v) is 8.51. The monoisotopic (exact) mass is 210 g/mol. The first-order valence-corrected chi connectivity index (χ1v) is 4.63. The summed E-state index contributed by atoms with van der Waals surface area (Å²) in [4.78, 5) is 11.2. The highest BCUT2D eigenvalue weighted by molar-refractivity contribution is 5.89. The van der Waals surface area contributed by atoms with Crippen LogP contribution in [0, 0.1) is 0 Å². The van der Waals surface area contributed by atoms with E-state index in [0.29, 0.717) is 12.0 Å². The Labute approximate surface area is 88.1 Å². The molecule has 0 aliphatic heterocycles. The van der Waals surface area contributed by atoms with E-state index in [-0.39, 0.29) is 6.61 Å². The topological polar surface area (TPSA) is 66.8 Å². The molecule has 0 spiro atoms. The first-order chi connectivity index (χ1) is 7.17. The number of benzene rings is 1. The van der Waals surface area contributed by atoms with Gasteiger partial charge in [0.05, 0.1) is 25.4 Å². The Hall–Kier alpha value is -1.39. The van der Waals surface area contributed by atoms with Gasteiger partial charge in [-0.1, -0.05) is 12.1 Å². The van der Waals surface area contributed by atoms with Gasteiger partial charge in [0, 0.05) is 6.42 Å². The molecule has 1 aromatic carbocycles. The third-order valence-electron chi connectivity index (χ3n) is 2.03. The lowest BCUT2D eigenvalue weighted by molar-refractivity contribution is 0.0600. The van der Waals surface area contributed by atoms with Crippen LogP contribution in [0.4, 0.5) is 0 Å². The molecule has 4 nitrogen and oxygen atoms in total. The van der Waals surface area contributed by atoms with Gasteiger partial charge in [-0.2, -0.15) is 0 Å². The van der Waals surface area contributed by atoms with Gasteiger partial charge < -0.3 is 14.9 Å². The highest BCUT2D eigenvalue weighted by atomic mass is 16.5. The highest BCUT2D eigenvalue weighted by Gasteiger charge is 2.08. The summed E-state index contributed by atoms with van der Waals surface area (Å²) in [5.41, 5.74) is 1.24. The second-order valence-electron chi connectivity index (χ2n) is 3.23. The van der Waals surface area contributed by atoms with Crippen molar-refractivity contribution in [2.75, 3.05) is 13.7 Å². The predicted molar refractivity (Wildman–Crippen MR) is 54.6 cm³/mol. The standard InChI is InChI=1S/C11H14O4/c1-15-11(14)9-4-2-3-8(5-9)6-10(13)7-12/h2-5,10,12-13H,6-7H2,1H3. The molecule has 0 amide bonds. The number of methoxy groups -OCH3 is 1. The van der Waals surface area contributed by atoms with Crippen molar-refractivity contribution >= 4 is 5.97 Å². The maximum Gasteiger partial charge on any atom is 0.337 e. The minimum absolute atomic E-state index is 0.289. The summed E-state index contributed by atoms with van der Waals surface area (Å²) in [7, 11) is 1.32. The van der Waals surface area contributed by atoms with Crippen molar-refractivity contribution < 1.29 is 19.7 Å². The van der Waals surface area contributed by atoms with Crippen LogP contribution in [0.2, 0.25) is 0 Å². The lowest BCUT2D eigenvalue weighted by atomic mass is 10.1. The van der Waals surface area contributed by atoms with Crippen LogP contribution in [0.1, 0.15) is 15.9 Å². The molecule has 0 fully saturated rings. The van der Waals surface area contributed by atoms with Crippen LogP contribution >= 0.6 is 0 Å². The van der Waals surface area contributed by atoms with Gasteiger partial charge in [0.1, 0.15) is 0 Å². The second-order valence-corrected chi connectivity index (χ2v) is 3.23. The second kappa shape index (κ2) is 5.48. The molecule has 0 saturated carbocycles. The van der Waals surface area contributed by atoms with Crippen molar-refractivity contribution in [1.82, 2.24) is 0 Å². The number of ether oxygens (including phenoxy) is 1. The maximum absolute atomic E-state index is 11.2. The van der Waals surface area contributed by atoms with Crippen molar-refractivity contribution in [3.8, 4) is 0 Å². The van der Waals surface area contributed by atoms with Crippen molar-refractivity contribution in [3.63, 3.8) is 0 Å². The fraction of sp³-hybridized carbons (Fsp3) is 0.364. The highest BCUT2D eigenvalue weighted by Crippen LogP contribution is 2.08. The number of rotatable bonds is 4. The third-order valence-corrected chi connectivity index (χ3v) is 2.03. The number of aliphatic hydroxyl groups excluding tert-OH is 2. The molecule has 0 aromatic heterocycles. The molecule has 15 heavy (non-hydrogen) atoms. The van der Waals surface area contributed by atoms with E-state index in [0.717, 1.165) is 5.56 Å². The summed E-state index contributed by atoms with van der Waals surface area (Å²) in [6.07, 6.45) is -0.473. The average Bonchev–Trinajstić information content (AvgIpc) is 2.28. The van der Waals surface area contributed by atoms with E-state index in [4.69, 9.17) is 5.11 Å². The molecule has 0 saturated heterocycles. The van der Waals surface area contributed by atoms with Crippen LogP contribution in [0.3, 0.4) is 0 Å². The molecule has 4 heteroatoms. The summed E-state index contributed by atoms with van der Waals surface area (Å²) in [6.45, 7) is -0.289. The molecule has 82 valence electrons. The number of hydrogen-bond donors (Lipinski definition) is 2. The van der Waals surface area contributed by atoms with Gasteiger partial charge in [0.15, 0.2) is 0 Å². The Bertz CT molecular complexity index is 335. The van der Waals surface area contributed by atoms with E-state index in [9.17, 15) is 9.90 Å². The number of aliphatic hydroxyl groups is 2. The van der Waals surface area contributed by atoms with E-state index < -0.39 is 12.1 Å². The van der Waals surface area contributed by atoms with Gasteiger partial charge in [-0.25, -0.2) is 4.79 Å². The summed E-state index contributed by atoms with van der Waals surface area (Å²) in [6, 6.07) is 6.78. The lowest BCUT2D eigenvalue weighted by Gasteiger charge is -2.07. The smallest absolute Gasteiger partial charge is 0.337 e. The van der Waals surface area contributed by atoms with Crippen molar-refractivity contribution in [2.45, 2.75) is 12.5 Å². The fourth-order valence-electron chi connectivity index (χ4n) is 1.28. The summed E-state index contributed by atoms with van der Waals surface area (Å²) in [5, 5.41) is 17.9. The summed E-state index contributed by atoms with van der Waals surface area (Å²) in [5.74, 6) is -0.407. The Morgan fingerprint density at radius 2 is 2.27 bits per heavy atom. The average molecular weight is 210 g/mol. The van der Waals surface area contributed by atoms with E-state index in [1.165, 1.54) is 7.11 Å². The molecule has 1 rings (SSSR count). The summed E-state index contributed by atoms with van der Waals surface area (Å²) >= 11 is 0. The molecular weight excluding hydrogens is 196 g/mol. The Kier molecular flexibility index (Phi) is 4.27. The maximum atomic E-state index is 11.2. The molecule has 1 aromatic rings.